The van der Waals surface area contributed by atoms with Crippen molar-refractivity contribution in [1.82, 2.24) is 4.72 Å². The van der Waals surface area contributed by atoms with Gasteiger partial charge >= 0.3 is 0 Å². The second kappa shape index (κ2) is 5.73. The van der Waals surface area contributed by atoms with Gasteiger partial charge in [-0.2, -0.15) is 0 Å². The summed E-state index contributed by atoms with van der Waals surface area (Å²) in [5, 5.41) is 3.23. The topological polar surface area (TPSA) is 58.2 Å². The maximum Gasteiger partial charge on any atom is 0.240 e. The summed E-state index contributed by atoms with van der Waals surface area (Å²) in [5.74, 6) is 0. The highest BCUT2D eigenvalue weighted by Crippen LogP contribution is 2.19. The molecule has 0 aliphatic carbocycles. The van der Waals surface area contributed by atoms with E-state index in [1.54, 1.807) is 29.5 Å². The van der Waals surface area contributed by atoms with E-state index >= 15 is 0 Å². The molecule has 0 fully saturated rings. The van der Waals surface area contributed by atoms with Gasteiger partial charge in [0.15, 0.2) is 0 Å². The smallest absolute Gasteiger partial charge is 0.240 e. The number of hydrogen-bond acceptors (Lipinski definition) is 4. The van der Waals surface area contributed by atoms with Gasteiger partial charge in [0.2, 0.25) is 10.0 Å². The Morgan fingerprint density at radius 2 is 2.00 bits per heavy atom. The molecule has 0 unspecified atom stereocenters. The molecule has 0 saturated carbocycles. The molecule has 6 heteroatoms. The summed E-state index contributed by atoms with van der Waals surface area (Å²) in [6, 6.07) is 10.9. The van der Waals surface area contributed by atoms with Crippen molar-refractivity contribution >= 4 is 27.0 Å². The van der Waals surface area contributed by atoms with E-state index in [9.17, 15) is 8.42 Å². The zero-order valence-corrected chi connectivity index (χ0v) is 12.4. The Bertz CT molecular complexity index is 663. The molecule has 102 valence electrons. The van der Waals surface area contributed by atoms with Crippen LogP contribution in [0.1, 0.15) is 9.75 Å². The molecular formula is C13H16N2O2S2. The lowest BCUT2D eigenvalue weighted by molar-refractivity contribution is 0.588. The van der Waals surface area contributed by atoms with Crippen LogP contribution in [0.25, 0.3) is 0 Å². The summed E-state index contributed by atoms with van der Waals surface area (Å²) in [6.07, 6.45) is 0. The van der Waals surface area contributed by atoms with Crippen molar-refractivity contribution < 1.29 is 8.42 Å². The monoisotopic (exact) mass is 296 g/mol. The SMILES string of the molecule is CNS(=O)(=O)c1cccc(NCc2ccc(C)s2)c1. The molecule has 0 bridgehead atoms. The van der Waals surface area contributed by atoms with E-state index in [0.29, 0.717) is 6.54 Å². The van der Waals surface area contributed by atoms with Crippen molar-refractivity contribution in [3.63, 3.8) is 0 Å². The first kappa shape index (κ1) is 14.0. The molecule has 2 aromatic rings. The van der Waals surface area contributed by atoms with Crippen molar-refractivity contribution in [3.8, 4) is 0 Å². The van der Waals surface area contributed by atoms with Gasteiger partial charge < -0.3 is 5.32 Å². The lowest BCUT2D eigenvalue weighted by Crippen LogP contribution is -2.18. The average molecular weight is 296 g/mol. The average Bonchev–Trinajstić information content (AvgIpc) is 2.82. The number of rotatable bonds is 5. The maximum absolute atomic E-state index is 11.7. The van der Waals surface area contributed by atoms with Gasteiger partial charge in [-0.25, -0.2) is 13.1 Å². The van der Waals surface area contributed by atoms with Crippen LogP contribution in [0, 0.1) is 6.92 Å². The number of hydrogen-bond donors (Lipinski definition) is 2. The number of sulfonamides is 1. The standard InChI is InChI=1S/C13H16N2O2S2/c1-10-6-7-12(18-10)9-15-11-4-3-5-13(8-11)19(16,17)14-2/h3-8,14-15H,9H2,1-2H3. The summed E-state index contributed by atoms with van der Waals surface area (Å²) in [5.41, 5.74) is 0.794. The van der Waals surface area contributed by atoms with Crippen molar-refractivity contribution in [1.29, 1.82) is 0 Å². The number of benzene rings is 1. The van der Waals surface area contributed by atoms with Gasteiger partial charge in [0.05, 0.1) is 4.90 Å². The molecule has 1 aromatic heterocycles. The molecule has 0 saturated heterocycles. The minimum Gasteiger partial charge on any atom is -0.380 e. The van der Waals surface area contributed by atoms with Crippen molar-refractivity contribution in [2.75, 3.05) is 12.4 Å². The van der Waals surface area contributed by atoms with E-state index in [2.05, 4.69) is 29.1 Å². The van der Waals surface area contributed by atoms with Gasteiger partial charge in [0.25, 0.3) is 0 Å². The van der Waals surface area contributed by atoms with Crippen LogP contribution in [0.15, 0.2) is 41.3 Å². The maximum atomic E-state index is 11.7. The van der Waals surface area contributed by atoms with E-state index in [4.69, 9.17) is 0 Å². The van der Waals surface area contributed by atoms with E-state index in [1.165, 1.54) is 16.8 Å². The molecule has 2 N–H and O–H groups in total. The van der Waals surface area contributed by atoms with Crippen molar-refractivity contribution in [2.45, 2.75) is 18.4 Å². The van der Waals surface area contributed by atoms with Gasteiger partial charge in [-0.1, -0.05) is 6.07 Å². The number of anilines is 1. The highest BCUT2D eigenvalue weighted by atomic mass is 32.2. The van der Waals surface area contributed by atoms with Crippen LogP contribution in [0.2, 0.25) is 0 Å². The fourth-order valence-electron chi connectivity index (χ4n) is 1.66. The summed E-state index contributed by atoms with van der Waals surface area (Å²) in [7, 11) is -1.98. The molecule has 19 heavy (non-hydrogen) atoms. The van der Waals surface area contributed by atoms with Crippen LogP contribution < -0.4 is 10.0 Å². The molecule has 1 heterocycles. The normalized spacial score (nSPS) is 11.5. The quantitative estimate of drug-likeness (QED) is 0.891. The first-order valence-corrected chi connectivity index (χ1v) is 8.14. The molecule has 0 atom stereocenters. The van der Waals surface area contributed by atoms with E-state index in [1.807, 2.05) is 6.07 Å². The largest absolute Gasteiger partial charge is 0.380 e. The molecule has 0 aliphatic rings. The zero-order valence-electron chi connectivity index (χ0n) is 10.8. The highest BCUT2D eigenvalue weighted by molar-refractivity contribution is 7.89. The Morgan fingerprint density at radius 1 is 1.21 bits per heavy atom. The van der Waals surface area contributed by atoms with Crippen LogP contribution in [0.5, 0.6) is 0 Å². The van der Waals surface area contributed by atoms with Crippen LogP contribution in [0.4, 0.5) is 5.69 Å². The number of nitrogens with one attached hydrogen (secondary N) is 2. The Labute approximate surface area is 117 Å². The molecule has 1 aromatic carbocycles. The Kier molecular flexibility index (Phi) is 4.24. The van der Waals surface area contributed by atoms with Crippen LogP contribution in [-0.4, -0.2) is 15.5 Å². The predicted molar refractivity (Wildman–Crippen MR) is 79.1 cm³/mol. The Balaban J connectivity index is 2.11. The van der Waals surface area contributed by atoms with E-state index in [0.717, 1.165) is 5.69 Å². The van der Waals surface area contributed by atoms with Crippen molar-refractivity contribution in [3.05, 3.63) is 46.2 Å². The van der Waals surface area contributed by atoms with Gasteiger partial charge in [0, 0.05) is 22.0 Å². The van der Waals surface area contributed by atoms with Gasteiger partial charge in [-0.3, -0.25) is 0 Å². The lowest BCUT2D eigenvalue weighted by atomic mass is 10.3. The van der Waals surface area contributed by atoms with E-state index < -0.39 is 10.0 Å². The van der Waals surface area contributed by atoms with Crippen LogP contribution in [0.3, 0.4) is 0 Å². The predicted octanol–water partition coefficient (Wildman–Crippen LogP) is 2.58. The molecule has 0 radical (unpaired) electrons. The molecule has 4 nitrogen and oxygen atoms in total. The highest BCUT2D eigenvalue weighted by Gasteiger charge is 2.11. The molecule has 2 rings (SSSR count). The molecular weight excluding hydrogens is 280 g/mol. The fraction of sp³-hybridized carbons (Fsp3) is 0.231. The van der Waals surface area contributed by atoms with E-state index in [-0.39, 0.29) is 4.90 Å². The summed E-state index contributed by atoms with van der Waals surface area (Å²) >= 11 is 1.73. The Morgan fingerprint density at radius 3 is 2.63 bits per heavy atom. The summed E-state index contributed by atoms with van der Waals surface area (Å²) < 4.78 is 25.7. The molecule has 0 spiro atoms. The first-order valence-electron chi connectivity index (χ1n) is 5.84. The first-order chi connectivity index (χ1) is 9.01. The minimum atomic E-state index is -3.39. The summed E-state index contributed by atoms with van der Waals surface area (Å²) in [4.78, 5) is 2.75. The van der Waals surface area contributed by atoms with Gasteiger partial charge in [-0.15, -0.1) is 11.3 Å². The van der Waals surface area contributed by atoms with Crippen LogP contribution >= 0.6 is 11.3 Å². The number of aryl methyl sites for hydroxylation is 1. The zero-order chi connectivity index (χ0) is 13.9. The van der Waals surface area contributed by atoms with Gasteiger partial charge in [0.1, 0.15) is 0 Å². The lowest BCUT2D eigenvalue weighted by Gasteiger charge is -2.07. The molecule has 0 aliphatic heterocycles. The number of thiophene rings is 1. The second-order valence-electron chi connectivity index (χ2n) is 4.10. The fourth-order valence-corrected chi connectivity index (χ4v) is 3.27. The minimum absolute atomic E-state index is 0.266. The molecule has 0 amide bonds. The van der Waals surface area contributed by atoms with Crippen molar-refractivity contribution in [2.24, 2.45) is 0 Å². The summed E-state index contributed by atoms with van der Waals surface area (Å²) in [6.45, 7) is 2.76. The second-order valence-corrected chi connectivity index (χ2v) is 7.36. The Hall–Kier alpha value is -1.37. The third-order valence-electron chi connectivity index (χ3n) is 2.68. The third kappa shape index (κ3) is 3.56. The van der Waals surface area contributed by atoms with Gasteiger partial charge in [-0.05, 0) is 44.3 Å². The third-order valence-corrected chi connectivity index (χ3v) is 5.09. The van der Waals surface area contributed by atoms with Crippen LogP contribution in [-0.2, 0) is 16.6 Å².